The first-order valence-corrected chi connectivity index (χ1v) is 27.3. The van der Waals surface area contributed by atoms with Crippen molar-refractivity contribution >= 4 is 22.0 Å². The Morgan fingerprint density at radius 3 is 1.41 bits per heavy atom. The zero-order valence-electron chi connectivity index (χ0n) is 40.1. The van der Waals surface area contributed by atoms with Gasteiger partial charge in [0.25, 0.3) is 10.0 Å². The maximum Gasteiger partial charge on any atom is 0.306 e. The molecule has 1 atom stereocenters. The molecule has 0 fully saturated rings. The number of ether oxygens (including phenoxy) is 2. The molecule has 1 rings (SSSR count). The van der Waals surface area contributed by atoms with Gasteiger partial charge in [-0.25, -0.2) is 18.1 Å². The van der Waals surface area contributed by atoms with Gasteiger partial charge in [-0.1, -0.05) is 163 Å². The molecule has 11 heteroatoms. The van der Waals surface area contributed by atoms with Crippen LogP contribution in [0.15, 0.2) is 17.6 Å². The number of aromatic amines is 1. The molecule has 0 amide bonds. The van der Waals surface area contributed by atoms with Gasteiger partial charge in [-0.05, 0) is 96.7 Å². The average molecular weight is 885 g/mol. The van der Waals surface area contributed by atoms with Crippen LogP contribution in [0.25, 0.3) is 0 Å². The zero-order chi connectivity index (χ0) is 44.5. The Morgan fingerprint density at radius 2 is 0.967 bits per heavy atom. The summed E-state index contributed by atoms with van der Waals surface area (Å²) in [6.07, 6.45) is 41.9. The molecular formula is C50H100N4O6S. The van der Waals surface area contributed by atoms with Crippen LogP contribution in [0, 0.1) is 0 Å². The van der Waals surface area contributed by atoms with Crippen LogP contribution in [0.4, 0.5) is 0 Å². The van der Waals surface area contributed by atoms with Crippen molar-refractivity contribution in [2.45, 2.75) is 270 Å². The molecule has 1 aromatic heterocycles. The maximum atomic E-state index is 12.9. The number of esters is 2. The first kappa shape index (κ1) is 57.0. The Morgan fingerprint density at radius 1 is 0.574 bits per heavy atom. The second kappa shape index (κ2) is 40.8. The summed E-state index contributed by atoms with van der Waals surface area (Å²) < 4.78 is 39.6. The quantitative estimate of drug-likeness (QED) is 0.0489. The van der Waals surface area contributed by atoms with Crippen LogP contribution in [0.1, 0.15) is 255 Å². The van der Waals surface area contributed by atoms with Crippen molar-refractivity contribution in [3.63, 3.8) is 0 Å². The van der Waals surface area contributed by atoms with E-state index >= 15 is 0 Å². The van der Waals surface area contributed by atoms with Crippen LogP contribution >= 0.6 is 0 Å². The van der Waals surface area contributed by atoms with E-state index in [0.717, 1.165) is 135 Å². The van der Waals surface area contributed by atoms with Crippen LogP contribution in [0.5, 0.6) is 0 Å². The molecule has 10 nitrogen and oxygen atoms in total. The number of nitrogens with one attached hydrogen (secondary N) is 2. The monoisotopic (exact) mass is 885 g/mol. The van der Waals surface area contributed by atoms with Gasteiger partial charge in [-0.15, -0.1) is 0 Å². The van der Waals surface area contributed by atoms with Gasteiger partial charge in [0.05, 0.1) is 0 Å². The van der Waals surface area contributed by atoms with Crippen LogP contribution < -0.4 is 4.72 Å². The van der Waals surface area contributed by atoms with E-state index in [-0.39, 0.29) is 32.2 Å². The van der Waals surface area contributed by atoms with Gasteiger partial charge in [-0.2, -0.15) is 0 Å². The molecule has 0 saturated carbocycles. The van der Waals surface area contributed by atoms with Crippen molar-refractivity contribution in [3.05, 3.63) is 12.4 Å². The van der Waals surface area contributed by atoms with Gasteiger partial charge in [-0.3, -0.25) is 9.59 Å². The van der Waals surface area contributed by atoms with E-state index in [1.807, 2.05) is 0 Å². The summed E-state index contributed by atoms with van der Waals surface area (Å²) in [5.74, 6) is -0.0578. The molecular weight excluding hydrogens is 785 g/mol. The molecule has 0 bridgehead atoms. The van der Waals surface area contributed by atoms with Crippen molar-refractivity contribution < 1.29 is 30.3 Å². The topological polar surface area (TPSA) is 131 Å². The minimum atomic E-state index is -3.63. The SMILES string of the molecule is CCCCCCCCC(CC)OC(=O)CCCCCCCN(CCCCCCCC(=O)OC(CCCCCCCC)CCCCCCCC)CCCNS(=O)(=O)c1ncc[nH]1.[HH].[HH]. The van der Waals surface area contributed by atoms with Crippen molar-refractivity contribution in [1.82, 2.24) is 19.6 Å². The number of aromatic nitrogens is 2. The number of rotatable bonds is 46. The summed E-state index contributed by atoms with van der Waals surface area (Å²) in [7, 11) is -3.63. The number of carbonyl (C=O) groups is 2. The highest BCUT2D eigenvalue weighted by Crippen LogP contribution is 2.19. The van der Waals surface area contributed by atoms with Gasteiger partial charge in [0, 0.05) is 34.6 Å². The highest BCUT2D eigenvalue weighted by molar-refractivity contribution is 7.89. The molecule has 0 aliphatic rings. The number of carbonyl (C=O) groups excluding carboxylic acids is 2. The maximum absolute atomic E-state index is 12.9. The third-order valence-electron chi connectivity index (χ3n) is 12.1. The lowest BCUT2D eigenvalue weighted by Crippen LogP contribution is -2.31. The van der Waals surface area contributed by atoms with Crippen LogP contribution in [-0.4, -0.2) is 73.6 Å². The molecule has 61 heavy (non-hydrogen) atoms. The molecule has 2 N–H and O–H groups in total. The molecule has 0 radical (unpaired) electrons. The zero-order valence-corrected chi connectivity index (χ0v) is 41.0. The van der Waals surface area contributed by atoms with E-state index in [0.29, 0.717) is 19.4 Å². The molecule has 0 aliphatic carbocycles. The third kappa shape index (κ3) is 34.1. The molecule has 0 spiro atoms. The first-order chi connectivity index (χ1) is 29.7. The van der Waals surface area contributed by atoms with Crippen LogP contribution in [-0.2, 0) is 29.1 Å². The van der Waals surface area contributed by atoms with E-state index in [9.17, 15) is 18.0 Å². The Labute approximate surface area is 379 Å². The lowest BCUT2D eigenvalue weighted by atomic mass is 10.0. The van der Waals surface area contributed by atoms with E-state index in [1.165, 1.54) is 109 Å². The number of H-pyrrole nitrogens is 1. The van der Waals surface area contributed by atoms with Gasteiger partial charge in [0.2, 0.25) is 5.16 Å². The molecule has 0 aromatic carbocycles. The minimum absolute atomic E-state index is 0. The summed E-state index contributed by atoms with van der Waals surface area (Å²) in [5.41, 5.74) is 0. The highest BCUT2D eigenvalue weighted by Gasteiger charge is 2.17. The molecule has 362 valence electrons. The summed E-state index contributed by atoms with van der Waals surface area (Å²) >= 11 is 0. The van der Waals surface area contributed by atoms with Crippen LogP contribution in [0.2, 0.25) is 0 Å². The fraction of sp³-hybridized carbons (Fsp3) is 0.900. The number of hydrogen-bond donors (Lipinski definition) is 2. The van der Waals surface area contributed by atoms with Gasteiger partial charge in [0.1, 0.15) is 12.2 Å². The summed E-state index contributed by atoms with van der Waals surface area (Å²) in [5, 5.41) is -0.0506. The van der Waals surface area contributed by atoms with Crippen molar-refractivity contribution in [2.24, 2.45) is 0 Å². The van der Waals surface area contributed by atoms with Crippen molar-refractivity contribution in [1.29, 1.82) is 0 Å². The largest absolute Gasteiger partial charge is 0.462 e. The minimum Gasteiger partial charge on any atom is -0.462 e. The molecule has 0 saturated heterocycles. The number of nitrogens with zero attached hydrogens (tertiary/aromatic N) is 2. The average Bonchev–Trinajstić information content (AvgIpc) is 3.81. The Kier molecular flexibility index (Phi) is 38.1. The van der Waals surface area contributed by atoms with E-state index in [4.69, 9.17) is 9.47 Å². The second-order valence-electron chi connectivity index (χ2n) is 17.8. The molecule has 1 unspecified atom stereocenters. The molecule has 1 heterocycles. The Bertz CT molecular complexity index is 1230. The summed E-state index contributed by atoms with van der Waals surface area (Å²) in [6, 6.07) is 0. The Balaban J connectivity index is 0. The fourth-order valence-electron chi connectivity index (χ4n) is 8.14. The smallest absolute Gasteiger partial charge is 0.306 e. The normalized spacial score (nSPS) is 12.4. The van der Waals surface area contributed by atoms with Gasteiger partial charge < -0.3 is 19.4 Å². The van der Waals surface area contributed by atoms with Crippen molar-refractivity contribution in [3.8, 4) is 0 Å². The molecule has 0 aliphatic heterocycles. The summed E-state index contributed by atoms with van der Waals surface area (Å²) in [4.78, 5) is 34.4. The fourth-order valence-corrected chi connectivity index (χ4v) is 9.11. The van der Waals surface area contributed by atoms with Gasteiger partial charge in [0.15, 0.2) is 0 Å². The third-order valence-corrected chi connectivity index (χ3v) is 13.4. The summed E-state index contributed by atoms with van der Waals surface area (Å²) in [6.45, 7) is 12.0. The predicted molar refractivity (Wildman–Crippen MR) is 258 cm³/mol. The lowest BCUT2D eigenvalue weighted by Gasteiger charge is -2.22. The van der Waals surface area contributed by atoms with E-state index in [2.05, 4.69) is 47.3 Å². The van der Waals surface area contributed by atoms with E-state index < -0.39 is 10.0 Å². The first-order valence-electron chi connectivity index (χ1n) is 25.9. The number of sulfonamides is 1. The number of hydrogen-bond acceptors (Lipinski definition) is 8. The number of imidazole rings is 1. The second-order valence-corrected chi connectivity index (χ2v) is 19.5. The molecule has 1 aromatic rings. The van der Waals surface area contributed by atoms with E-state index in [1.54, 1.807) is 0 Å². The van der Waals surface area contributed by atoms with Crippen molar-refractivity contribution in [2.75, 3.05) is 26.2 Å². The van der Waals surface area contributed by atoms with Crippen LogP contribution in [0.3, 0.4) is 0 Å². The highest BCUT2D eigenvalue weighted by atomic mass is 32.2. The Hall–Kier alpha value is -1.98. The predicted octanol–water partition coefficient (Wildman–Crippen LogP) is 14.0. The number of unbranched alkanes of at least 4 members (excludes halogenated alkanes) is 23. The lowest BCUT2D eigenvalue weighted by molar-refractivity contribution is -0.150. The van der Waals surface area contributed by atoms with Gasteiger partial charge >= 0.3 is 11.9 Å². The standard InChI is InChI=1S/C50H96N4O6S.2H2/c1-5-9-12-15-20-27-35-46(8-4)59-48(55)38-30-23-18-25-32-43-54(45-34-40-53-61(57,58)50-51-41-42-52-50)44-33-26-19-24-31-39-49(56)60-47(36-28-21-16-13-10-6-2)37-29-22-17-14-11-7-3;;/h41-42,46-47,53H,5-40,43-45H2,1-4H3,(H,51,52);2*1H.